The highest BCUT2D eigenvalue weighted by molar-refractivity contribution is 7.99. The summed E-state index contributed by atoms with van der Waals surface area (Å²) in [4.78, 5) is 19.3. The van der Waals surface area contributed by atoms with Crippen LogP contribution in [0.15, 0.2) is 42.6 Å². The molecule has 29 heavy (non-hydrogen) atoms. The molecule has 1 aliphatic heterocycles. The van der Waals surface area contributed by atoms with E-state index in [1.54, 1.807) is 29.1 Å². The summed E-state index contributed by atoms with van der Waals surface area (Å²) in [5, 5.41) is 7.95. The smallest absolute Gasteiger partial charge is 0.257 e. The van der Waals surface area contributed by atoms with Crippen LogP contribution < -0.4 is 10.2 Å². The number of aryl methyl sites for hydroxylation is 2. The number of carbonyl (C=O) groups is 1. The van der Waals surface area contributed by atoms with Crippen LogP contribution in [0.25, 0.3) is 5.82 Å². The number of nitrogens with zero attached hydrogens (tertiary/aromatic N) is 4. The number of amides is 1. The van der Waals surface area contributed by atoms with E-state index in [4.69, 9.17) is 11.6 Å². The number of aromatic nitrogens is 3. The Morgan fingerprint density at radius 1 is 1.14 bits per heavy atom. The van der Waals surface area contributed by atoms with Gasteiger partial charge < -0.3 is 10.2 Å². The number of thioether (sulfide) groups is 1. The largest absolute Gasteiger partial charge is 0.369 e. The molecule has 1 saturated heterocycles. The monoisotopic (exact) mass is 427 g/mol. The van der Waals surface area contributed by atoms with Gasteiger partial charge in [-0.25, -0.2) is 9.67 Å². The molecule has 2 aromatic heterocycles. The topological polar surface area (TPSA) is 63.1 Å². The standard InChI is InChI=1S/C21H22ClN5OS/c1-14-11-15(2)27(25-14)20-6-3-16(13-23-20)21(28)24-17-4-5-19(18(22)12-17)26-7-9-29-10-8-26/h3-6,11-13H,7-10H2,1-2H3,(H,24,28). The van der Waals surface area contributed by atoms with Crippen LogP contribution in [0.5, 0.6) is 0 Å². The summed E-state index contributed by atoms with van der Waals surface area (Å²) < 4.78 is 1.76. The van der Waals surface area contributed by atoms with Crippen LogP contribution in [0.1, 0.15) is 21.7 Å². The van der Waals surface area contributed by atoms with Crippen molar-refractivity contribution in [2.75, 3.05) is 34.8 Å². The Labute approximate surface area is 179 Å². The van der Waals surface area contributed by atoms with Gasteiger partial charge in [-0.1, -0.05) is 11.6 Å². The van der Waals surface area contributed by atoms with E-state index in [-0.39, 0.29) is 5.91 Å². The van der Waals surface area contributed by atoms with Gasteiger partial charge in [0.25, 0.3) is 5.91 Å². The van der Waals surface area contributed by atoms with E-state index in [1.165, 1.54) is 0 Å². The van der Waals surface area contributed by atoms with Crippen molar-refractivity contribution in [3.8, 4) is 5.82 Å². The second kappa shape index (κ2) is 8.47. The molecule has 1 aliphatic rings. The minimum atomic E-state index is -0.226. The molecular formula is C21H22ClN5OS. The summed E-state index contributed by atoms with van der Waals surface area (Å²) in [6.45, 7) is 5.89. The number of nitrogens with one attached hydrogen (secondary N) is 1. The molecule has 0 spiro atoms. The molecule has 0 radical (unpaired) electrons. The molecule has 1 N–H and O–H groups in total. The summed E-state index contributed by atoms with van der Waals surface area (Å²) in [5.74, 6) is 2.67. The van der Waals surface area contributed by atoms with Crippen LogP contribution >= 0.6 is 23.4 Å². The van der Waals surface area contributed by atoms with Gasteiger partial charge in [0.1, 0.15) is 0 Å². The fraction of sp³-hybridized carbons (Fsp3) is 0.286. The summed E-state index contributed by atoms with van der Waals surface area (Å²) in [6.07, 6.45) is 1.56. The number of halogens is 1. The highest BCUT2D eigenvalue weighted by Gasteiger charge is 2.15. The van der Waals surface area contributed by atoms with E-state index in [9.17, 15) is 4.79 Å². The molecule has 0 atom stereocenters. The van der Waals surface area contributed by atoms with Gasteiger partial charge in [-0.2, -0.15) is 16.9 Å². The Kier molecular flexibility index (Phi) is 5.78. The van der Waals surface area contributed by atoms with Gasteiger partial charge in [-0.3, -0.25) is 4.79 Å². The molecule has 3 heterocycles. The van der Waals surface area contributed by atoms with Gasteiger partial charge >= 0.3 is 0 Å². The maximum Gasteiger partial charge on any atom is 0.257 e. The zero-order valence-corrected chi connectivity index (χ0v) is 17.9. The van der Waals surface area contributed by atoms with Crippen molar-refractivity contribution in [2.24, 2.45) is 0 Å². The molecule has 150 valence electrons. The minimum Gasteiger partial charge on any atom is -0.369 e. The minimum absolute atomic E-state index is 0.226. The SMILES string of the molecule is Cc1cc(C)n(-c2ccc(C(=O)Nc3ccc(N4CCSCC4)c(Cl)c3)cn2)n1. The molecule has 0 bridgehead atoms. The molecule has 0 saturated carbocycles. The second-order valence-electron chi connectivity index (χ2n) is 6.96. The predicted octanol–water partition coefficient (Wildman–Crippen LogP) is 4.34. The van der Waals surface area contributed by atoms with Crippen LogP contribution in [0.2, 0.25) is 5.02 Å². The summed E-state index contributed by atoms with van der Waals surface area (Å²) in [7, 11) is 0. The van der Waals surface area contributed by atoms with Gasteiger partial charge in [0.05, 0.1) is 22.0 Å². The van der Waals surface area contributed by atoms with Crippen LogP contribution in [0.3, 0.4) is 0 Å². The van der Waals surface area contributed by atoms with Crippen molar-refractivity contribution < 1.29 is 4.79 Å². The number of carbonyl (C=O) groups excluding carboxylic acids is 1. The van der Waals surface area contributed by atoms with Crippen molar-refractivity contribution in [1.82, 2.24) is 14.8 Å². The third-order valence-corrected chi connectivity index (χ3v) is 6.04. The molecule has 0 unspecified atom stereocenters. The number of benzene rings is 1. The molecule has 0 aliphatic carbocycles. The summed E-state index contributed by atoms with van der Waals surface area (Å²) >= 11 is 8.43. The van der Waals surface area contributed by atoms with Crippen molar-refractivity contribution >= 4 is 40.6 Å². The highest BCUT2D eigenvalue weighted by Crippen LogP contribution is 2.30. The molecule has 6 nitrogen and oxygen atoms in total. The Hall–Kier alpha value is -2.51. The Balaban J connectivity index is 1.46. The zero-order valence-electron chi connectivity index (χ0n) is 16.4. The van der Waals surface area contributed by atoms with Crippen molar-refractivity contribution in [3.63, 3.8) is 0 Å². The molecule has 8 heteroatoms. The van der Waals surface area contributed by atoms with Crippen molar-refractivity contribution in [1.29, 1.82) is 0 Å². The quantitative estimate of drug-likeness (QED) is 0.670. The first-order valence-electron chi connectivity index (χ1n) is 9.44. The Morgan fingerprint density at radius 2 is 1.93 bits per heavy atom. The number of anilines is 2. The van der Waals surface area contributed by atoms with Crippen molar-refractivity contribution in [3.05, 3.63) is 64.6 Å². The van der Waals surface area contributed by atoms with Crippen LogP contribution in [-0.4, -0.2) is 45.3 Å². The lowest BCUT2D eigenvalue weighted by atomic mass is 10.2. The first-order valence-corrected chi connectivity index (χ1v) is 11.0. The first kappa shape index (κ1) is 19.8. The molecule has 4 rings (SSSR count). The van der Waals surface area contributed by atoms with Gasteiger partial charge in [0, 0.05) is 42.2 Å². The number of rotatable bonds is 4. The highest BCUT2D eigenvalue weighted by atomic mass is 35.5. The van der Waals surface area contributed by atoms with E-state index in [0.717, 1.165) is 41.7 Å². The Morgan fingerprint density at radius 3 is 2.55 bits per heavy atom. The van der Waals surface area contributed by atoms with Crippen LogP contribution in [0, 0.1) is 13.8 Å². The van der Waals surface area contributed by atoms with Gasteiger partial charge in [-0.05, 0) is 50.2 Å². The lowest BCUT2D eigenvalue weighted by Crippen LogP contribution is -2.32. The first-order chi connectivity index (χ1) is 14.0. The van der Waals surface area contributed by atoms with E-state index < -0.39 is 0 Å². The fourth-order valence-electron chi connectivity index (χ4n) is 3.36. The van der Waals surface area contributed by atoms with E-state index in [2.05, 4.69) is 20.3 Å². The van der Waals surface area contributed by atoms with E-state index >= 15 is 0 Å². The van der Waals surface area contributed by atoms with E-state index in [0.29, 0.717) is 22.1 Å². The van der Waals surface area contributed by atoms with Gasteiger partial charge in [0.2, 0.25) is 0 Å². The van der Waals surface area contributed by atoms with Crippen LogP contribution in [-0.2, 0) is 0 Å². The van der Waals surface area contributed by atoms with Gasteiger partial charge in [-0.15, -0.1) is 0 Å². The molecular weight excluding hydrogens is 406 g/mol. The molecule has 1 amide bonds. The molecule has 1 fully saturated rings. The maximum absolute atomic E-state index is 12.6. The zero-order chi connectivity index (χ0) is 20.4. The average molecular weight is 428 g/mol. The summed E-state index contributed by atoms with van der Waals surface area (Å²) in [6, 6.07) is 11.2. The summed E-state index contributed by atoms with van der Waals surface area (Å²) in [5.41, 5.74) is 4.08. The van der Waals surface area contributed by atoms with E-state index in [1.807, 2.05) is 43.8 Å². The number of hydrogen-bond acceptors (Lipinski definition) is 5. The number of pyridine rings is 1. The third-order valence-electron chi connectivity index (χ3n) is 4.79. The van der Waals surface area contributed by atoms with Crippen LogP contribution in [0.4, 0.5) is 11.4 Å². The van der Waals surface area contributed by atoms with Gasteiger partial charge in [0.15, 0.2) is 5.82 Å². The normalized spacial score (nSPS) is 14.1. The van der Waals surface area contributed by atoms with Crippen molar-refractivity contribution in [2.45, 2.75) is 13.8 Å². The fourth-order valence-corrected chi connectivity index (χ4v) is 4.56. The third kappa shape index (κ3) is 4.41. The second-order valence-corrected chi connectivity index (χ2v) is 8.60. The lowest BCUT2D eigenvalue weighted by Gasteiger charge is -2.29. The number of hydrogen-bond donors (Lipinski definition) is 1. The predicted molar refractivity (Wildman–Crippen MR) is 120 cm³/mol. The average Bonchev–Trinajstić information content (AvgIpc) is 3.07. The molecule has 1 aromatic carbocycles. The lowest BCUT2D eigenvalue weighted by molar-refractivity contribution is 0.102. The molecule has 3 aromatic rings. The maximum atomic E-state index is 12.6. The Bertz CT molecular complexity index is 1030.